The zero-order valence-electron chi connectivity index (χ0n) is 15.3. The minimum atomic E-state index is -4.79. The lowest BCUT2D eigenvalue weighted by atomic mass is 10.2. The fourth-order valence-corrected chi connectivity index (χ4v) is 3.08. The summed E-state index contributed by atoms with van der Waals surface area (Å²) in [5.74, 6) is -1.41. The van der Waals surface area contributed by atoms with Crippen molar-refractivity contribution in [2.45, 2.75) is 12.8 Å². The summed E-state index contributed by atoms with van der Waals surface area (Å²) in [6.07, 6.45) is -4.25. The molecule has 9 heteroatoms. The molecule has 0 bridgehead atoms. The molecule has 0 atom stereocenters. The molecule has 1 heterocycles. The predicted molar refractivity (Wildman–Crippen MR) is 95.9 cm³/mol. The maximum Gasteiger partial charge on any atom is 0.573 e. The van der Waals surface area contributed by atoms with Gasteiger partial charge >= 0.3 is 6.36 Å². The van der Waals surface area contributed by atoms with Crippen LogP contribution < -0.4 is 4.74 Å². The highest BCUT2D eigenvalue weighted by Crippen LogP contribution is 2.23. The standard InChI is InChI=1S/C20H18F4N2O3/c21-16-6-2-14(3-7-16)18(27)25-10-1-11-26(13-12-25)19(28)15-4-8-17(9-5-15)29-20(22,23)24/h2-9H,1,10-13H2. The van der Waals surface area contributed by atoms with E-state index in [4.69, 9.17) is 0 Å². The van der Waals surface area contributed by atoms with Crippen molar-refractivity contribution in [1.82, 2.24) is 9.80 Å². The lowest BCUT2D eigenvalue weighted by Crippen LogP contribution is -2.37. The summed E-state index contributed by atoms with van der Waals surface area (Å²) in [6, 6.07) is 9.98. The number of hydrogen-bond donors (Lipinski definition) is 0. The molecule has 0 aromatic heterocycles. The Morgan fingerprint density at radius 1 is 0.759 bits per heavy atom. The Morgan fingerprint density at radius 2 is 1.21 bits per heavy atom. The van der Waals surface area contributed by atoms with Crippen LogP contribution in [0.4, 0.5) is 17.6 Å². The van der Waals surface area contributed by atoms with Crippen molar-refractivity contribution < 1.29 is 31.9 Å². The summed E-state index contributed by atoms with van der Waals surface area (Å²) in [5.41, 5.74) is 0.601. The Bertz CT molecular complexity index is 867. The van der Waals surface area contributed by atoms with E-state index in [1.54, 1.807) is 9.80 Å². The van der Waals surface area contributed by atoms with Gasteiger partial charge in [-0.15, -0.1) is 13.2 Å². The summed E-state index contributed by atoms with van der Waals surface area (Å²) in [6.45, 7) is 1.44. The molecule has 154 valence electrons. The molecule has 0 aliphatic carbocycles. The van der Waals surface area contributed by atoms with Gasteiger partial charge in [-0.2, -0.15) is 0 Å². The fraction of sp³-hybridized carbons (Fsp3) is 0.300. The third-order valence-corrected chi connectivity index (χ3v) is 4.50. The quantitative estimate of drug-likeness (QED) is 0.725. The van der Waals surface area contributed by atoms with Gasteiger partial charge < -0.3 is 14.5 Å². The molecule has 3 rings (SSSR count). The molecule has 2 aromatic rings. The summed E-state index contributed by atoms with van der Waals surface area (Å²) in [5, 5.41) is 0. The summed E-state index contributed by atoms with van der Waals surface area (Å²) in [7, 11) is 0. The maximum atomic E-state index is 13.0. The molecule has 1 fully saturated rings. The minimum absolute atomic E-state index is 0.234. The smallest absolute Gasteiger partial charge is 0.406 e. The number of alkyl halides is 3. The number of hydrogen-bond acceptors (Lipinski definition) is 3. The average molecular weight is 410 g/mol. The summed E-state index contributed by atoms with van der Waals surface area (Å²) in [4.78, 5) is 28.4. The minimum Gasteiger partial charge on any atom is -0.406 e. The molecule has 0 N–H and O–H groups in total. The van der Waals surface area contributed by atoms with Gasteiger partial charge in [0.05, 0.1) is 0 Å². The van der Waals surface area contributed by atoms with Crippen molar-refractivity contribution in [3.63, 3.8) is 0 Å². The third-order valence-electron chi connectivity index (χ3n) is 4.50. The monoisotopic (exact) mass is 410 g/mol. The van der Waals surface area contributed by atoms with E-state index in [9.17, 15) is 27.2 Å². The van der Waals surface area contributed by atoms with Crippen LogP contribution in [0, 0.1) is 5.82 Å². The maximum absolute atomic E-state index is 13.0. The lowest BCUT2D eigenvalue weighted by molar-refractivity contribution is -0.274. The first-order valence-corrected chi connectivity index (χ1v) is 8.93. The molecule has 5 nitrogen and oxygen atoms in total. The molecule has 2 aromatic carbocycles. The number of carbonyl (C=O) groups is 2. The number of benzene rings is 2. The van der Waals surface area contributed by atoms with Gasteiger partial charge in [-0.3, -0.25) is 9.59 Å². The van der Waals surface area contributed by atoms with Crippen LogP contribution in [0.3, 0.4) is 0 Å². The molecule has 0 radical (unpaired) electrons. The number of rotatable bonds is 3. The molecular weight excluding hydrogens is 392 g/mol. The van der Waals surface area contributed by atoms with E-state index in [2.05, 4.69) is 4.74 Å². The van der Waals surface area contributed by atoms with E-state index in [0.29, 0.717) is 31.6 Å². The van der Waals surface area contributed by atoms with Gasteiger partial charge in [0.25, 0.3) is 11.8 Å². The Morgan fingerprint density at radius 3 is 1.66 bits per heavy atom. The zero-order valence-corrected chi connectivity index (χ0v) is 15.3. The van der Waals surface area contributed by atoms with Crippen molar-refractivity contribution in [2.75, 3.05) is 26.2 Å². The van der Waals surface area contributed by atoms with Crippen LogP contribution in [0.25, 0.3) is 0 Å². The van der Waals surface area contributed by atoms with E-state index in [0.717, 1.165) is 12.1 Å². The highest BCUT2D eigenvalue weighted by molar-refractivity contribution is 5.95. The van der Waals surface area contributed by atoms with Crippen molar-refractivity contribution in [2.24, 2.45) is 0 Å². The fourth-order valence-electron chi connectivity index (χ4n) is 3.08. The Labute approximate surface area is 164 Å². The van der Waals surface area contributed by atoms with Crippen molar-refractivity contribution in [3.8, 4) is 5.75 Å². The molecule has 1 aliphatic rings. The van der Waals surface area contributed by atoms with Gasteiger partial charge in [0.2, 0.25) is 0 Å². The van der Waals surface area contributed by atoms with Crippen LogP contribution in [0.1, 0.15) is 27.1 Å². The van der Waals surface area contributed by atoms with Crippen molar-refractivity contribution in [1.29, 1.82) is 0 Å². The highest BCUT2D eigenvalue weighted by Gasteiger charge is 2.31. The molecule has 0 spiro atoms. The largest absolute Gasteiger partial charge is 0.573 e. The first-order chi connectivity index (χ1) is 13.7. The van der Waals surface area contributed by atoms with Gasteiger partial charge in [-0.1, -0.05) is 0 Å². The zero-order chi connectivity index (χ0) is 21.0. The van der Waals surface area contributed by atoms with Crippen molar-refractivity contribution >= 4 is 11.8 Å². The average Bonchev–Trinajstić information content (AvgIpc) is 2.93. The second-order valence-corrected chi connectivity index (χ2v) is 6.52. The van der Waals surface area contributed by atoms with Crippen LogP contribution in [0.15, 0.2) is 48.5 Å². The van der Waals surface area contributed by atoms with E-state index in [1.165, 1.54) is 36.4 Å². The third kappa shape index (κ3) is 5.46. The summed E-state index contributed by atoms with van der Waals surface area (Å²) < 4.78 is 53.5. The first kappa shape index (κ1) is 20.6. The van der Waals surface area contributed by atoms with Crippen LogP contribution in [0.5, 0.6) is 5.75 Å². The Kier molecular flexibility index (Phi) is 6.05. The highest BCUT2D eigenvalue weighted by atomic mass is 19.4. The number of ether oxygens (including phenoxy) is 1. The summed E-state index contributed by atoms with van der Waals surface area (Å²) >= 11 is 0. The number of nitrogens with zero attached hydrogens (tertiary/aromatic N) is 2. The predicted octanol–water partition coefficient (Wildman–Crippen LogP) is 3.71. The van der Waals surface area contributed by atoms with Crippen LogP contribution >= 0.6 is 0 Å². The topological polar surface area (TPSA) is 49.9 Å². The van der Waals surface area contributed by atoms with Crippen molar-refractivity contribution in [3.05, 3.63) is 65.5 Å². The SMILES string of the molecule is O=C(c1ccc(F)cc1)N1CCCN(C(=O)c2ccc(OC(F)(F)F)cc2)CC1. The van der Waals surface area contributed by atoms with Gasteiger partial charge in [-0.25, -0.2) is 4.39 Å². The van der Waals surface area contributed by atoms with Gasteiger partial charge in [0, 0.05) is 37.3 Å². The van der Waals surface area contributed by atoms with Crippen LogP contribution in [-0.2, 0) is 0 Å². The molecule has 0 saturated carbocycles. The van der Waals surface area contributed by atoms with Crippen LogP contribution in [0.2, 0.25) is 0 Å². The van der Waals surface area contributed by atoms with E-state index in [1.807, 2.05) is 0 Å². The number of halogens is 4. The lowest BCUT2D eigenvalue weighted by Gasteiger charge is -2.22. The van der Waals surface area contributed by atoms with E-state index >= 15 is 0 Å². The molecule has 1 aliphatic heterocycles. The van der Waals surface area contributed by atoms with Gasteiger partial charge in [0.1, 0.15) is 11.6 Å². The molecule has 0 unspecified atom stereocenters. The second-order valence-electron chi connectivity index (χ2n) is 6.52. The van der Waals surface area contributed by atoms with Crippen LogP contribution in [-0.4, -0.2) is 54.2 Å². The Balaban J connectivity index is 1.62. The molecule has 2 amide bonds. The first-order valence-electron chi connectivity index (χ1n) is 8.93. The van der Waals surface area contributed by atoms with E-state index < -0.39 is 17.9 Å². The Hall–Kier alpha value is -3.10. The second kappa shape index (κ2) is 8.50. The normalized spacial score (nSPS) is 15.0. The molecule has 1 saturated heterocycles. The molecule has 29 heavy (non-hydrogen) atoms. The van der Waals surface area contributed by atoms with Gasteiger partial charge in [-0.05, 0) is 55.0 Å². The number of amides is 2. The van der Waals surface area contributed by atoms with E-state index in [-0.39, 0.29) is 23.9 Å². The number of carbonyl (C=O) groups excluding carboxylic acids is 2. The molecular formula is C20H18F4N2O3. The van der Waals surface area contributed by atoms with Gasteiger partial charge in [0.15, 0.2) is 0 Å².